The quantitative estimate of drug-likeness (QED) is 0.484. The Morgan fingerprint density at radius 2 is 1.81 bits per heavy atom. The van der Waals surface area contributed by atoms with Crippen molar-refractivity contribution in [2.24, 2.45) is 4.99 Å². The molecule has 0 saturated carbocycles. The van der Waals surface area contributed by atoms with Gasteiger partial charge in [-0.05, 0) is 66.2 Å². The number of benzene rings is 1. The van der Waals surface area contributed by atoms with Gasteiger partial charge in [-0.25, -0.2) is 9.48 Å². The summed E-state index contributed by atoms with van der Waals surface area (Å²) < 4.78 is 7.30. The average molecular weight is 429 g/mol. The Labute approximate surface area is 185 Å². The molecule has 0 aliphatic carbocycles. The van der Waals surface area contributed by atoms with Gasteiger partial charge < -0.3 is 20.7 Å². The fourth-order valence-corrected chi connectivity index (χ4v) is 3.07. The van der Waals surface area contributed by atoms with Crippen LogP contribution < -0.4 is 16.0 Å². The zero-order chi connectivity index (χ0) is 23.2. The molecule has 2 aromatic rings. The molecule has 1 heterocycles. The van der Waals surface area contributed by atoms with Crippen LogP contribution in [0.4, 0.5) is 4.79 Å². The molecule has 170 valence electrons. The van der Waals surface area contributed by atoms with Crippen LogP contribution in [0.25, 0.3) is 5.69 Å². The summed E-state index contributed by atoms with van der Waals surface area (Å²) in [6.45, 7) is 14.5. The van der Waals surface area contributed by atoms with Gasteiger partial charge in [-0.15, -0.1) is 0 Å². The molecule has 1 aromatic heterocycles. The van der Waals surface area contributed by atoms with E-state index in [0.717, 1.165) is 22.6 Å². The minimum Gasteiger partial charge on any atom is -0.444 e. The number of rotatable bonds is 6. The van der Waals surface area contributed by atoms with Crippen molar-refractivity contribution in [1.82, 2.24) is 25.7 Å². The predicted molar refractivity (Wildman–Crippen MR) is 125 cm³/mol. The first-order valence-corrected chi connectivity index (χ1v) is 10.5. The highest BCUT2D eigenvalue weighted by Gasteiger charge is 2.24. The molecular formula is C23H36N6O2. The fourth-order valence-electron chi connectivity index (χ4n) is 3.07. The van der Waals surface area contributed by atoms with E-state index >= 15 is 0 Å². The number of aliphatic imine (C=N–C) groups is 1. The Morgan fingerprint density at radius 1 is 1.13 bits per heavy atom. The van der Waals surface area contributed by atoms with Gasteiger partial charge in [0.05, 0.1) is 16.9 Å². The number of guanidine groups is 1. The van der Waals surface area contributed by atoms with Crippen LogP contribution in [0.3, 0.4) is 0 Å². The molecular weight excluding hydrogens is 392 g/mol. The van der Waals surface area contributed by atoms with E-state index in [1.54, 1.807) is 7.05 Å². The largest absolute Gasteiger partial charge is 0.444 e. The molecule has 0 bridgehead atoms. The first kappa shape index (κ1) is 24.2. The van der Waals surface area contributed by atoms with Gasteiger partial charge in [-0.1, -0.05) is 18.2 Å². The number of nitrogens with one attached hydrogen (secondary N) is 3. The summed E-state index contributed by atoms with van der Waals surface area (Å²) >= 11 is 0. The minimum absolute atomic E-state index is 0.443. The van der Waals surface area contributed by atoms with E-state index in [4.69, 9.17) is 4.74 Å². The average Bonchev–Trinajstić information content (AvgIpc) is 2.98. The van der Waals surface area contributed by atoms with E-state index < -0.39 is 17.2 Å². The molecule has 1 aromatic carbocycles. The van der Waals surface area contributed by atoms with E-state index in [1.165, 1.54) is 0 Å². The Balaban J connectivity index is 1.98. The van der Waals surface area contributed by atoms with Crippen LogP contribution in [-0.2, 0) is 11.3 Å². The number of ether oxygens (including phenoxy) is 1. The molecule has 1 amide bonds. The zero-order valence-corrected chi connectivity index (χ0v) is 20.0. The van der Waals surface area contributed by atoms with Crippen LogP contribution in [0.5, 0.6) is 0 Å². The van der Waals surface area contributed by atoms with Crippen LogP contribution in [0.1, 0.15) is 51.6 Å². The minimum atomic E-state index is -0.538. The summed E-state index contributed by atoms with van der Waals surface area (Å²) in [5.74, 6) is 0.641. The van der Waals surface area contributed by atoms with Gasteiger partial charge in [0.15, 0.2) is 5.96 Å². The fraction of sp³-hybridized carbons (Fsp3) is 0.522. The molecule has 0 aliphatic rings. The van der Waals surface area contributed by atoms with Crippen molar-refractivity contribution in [3.63, 3.8) is 0 Å². The second-order valence-corrected chi connectivity index (χ2v) is 9.26. The third kappa shape index (κ3) is 7.62. The number of carbonyl (C=O) groups excluding carboxylic acids is 1. The SMILES string of the molecule is CN=C(NCc1ccccc1-n1nc(C)cc1C)NCC(C)(C)NC(=O)OC(C)(C)C. The highest BCUT2D eigenvalue weighted by Crippen LogP contribution is 2.17. The molecule has 0 atom stereocenters. The Morgan fingerprint density at radius 3 is 2.39 bits per heavy atom. The highest BCUT2D eigenvalue weighted by molar-refractivity contribution is 5.80. The monoisotopic (exact) mass is 428 g/mol. The van der Waals surface area contributed by atoms with Crippen LogP contribution in [-0.4, -0.2) is 46.6 Å². The summed E-state index contributed by atoms with van der Waals surface area (Å²) in [5, 5.41) is 14.1. The van der Waals surface area contributed by atoms with Gasteiger partial charge in [0.2, 0.25) is 0 Å². The van der Waals surface area contributed by atoms with E-state index in [0.29, 0.717) is 19.0 Å². The number of para-hydroxylation sites is 1. The molecule has 0 radical (unpaired) electrons. The third-order valence-electron chi connectivity index (χ3n) is 4.44. The lowest BCUT2D eigenvalue weighted by Gasteiger charge is -2.29. The van der Waals surface area contributed by atoms with Crippen LogP contribution in [0.15, 0.2) is 35.3 Å². The van der Waals surface area contributed by atoms with Gasteiger partial charge >= 0.3 is 6.09 Å². The smallest absolute Gasteiger partial charge is 0.408 e. The summed E-state index contributed by atoms with van der Waals surface area (Å²) in [4.78, 5) is 16.4. The van der Waals surface area contributed by atoms with Crippen LogP contribution in [0, 0.1) is 13.8 Å². The lowest BCUT2D eigenvalue weighted by atomic mass is 10.1. The summed E-state index contributed by atoms with van der Waals surface area (Å²) in [5.41, 5.74) is 3.14. The topological polar surface area (TPSA) is 92.6 Å². The summed E-state index contributed by atoms with van der Waals surface area (Å²) in [6, 6.07) is 10.2. The van der Waals surface area contributed by atoms with Gasteiger partial charge in [0, 0.05) is 25.8 Å². The summed E-state index contributed by atoms with van der Waals surface area (Å²) in [6.07, 6.45) is -0.443. The zero-order valence-electron chi connectivity index (χ0n) is 20.0. The molecule has 31 heavy (non-hydrogen) atoms. The molecule has 3 N–H and O–H groups in total. The number of nitrogens with zero attached hydrogens (tertiary/aromatic N) is 3. The standard InChI is InChI=1S/C23H36N6O2/c1-16-13-17(2)29(28-16)19-12-10-9-11-18(19)14-25-20(24-8)26-15-23(6,7)27-21(30)31-22(3,4)5/h9-13H,14-15H2,1-8H3,(H,27,30)(H2,24,25,26). The van der Waals surface area contributed by atoms with Gasteiger partial charge in [0.1, 0.15) is 5.60 Å². The van der Waals surface area contributed by atoms with E-state index in [9.17, 15) is 4.79 Å². The lowest BCUT2D eigenvalue weighted by molar-refractivity contribution is 0.0474. The molecule has 0 saturated heterocycles. The van der Waals surface area contributed by atoms with Crippen molar-refractivity contribution in [3.05, 3.63) is 47.3 Å². The van der Waals surface area contributed by atoms with Gasteiger partial charge in [0.25, 0.3) is 0 Å². The van der Waals surface area contributed by atoms with Crippen LogP contribution >= 0.6 is 0 Å². The summed E-state index contributed by atoms with van der Waals surface area (Å²) in [7, 11) is 1.72. The maximum absolute atomic E-state index is 12.1. The van der Waals surface area contributed by atoms with Crippen LogP contribution in [0.2, 0.25) is 0 Å². The maximum Gasteiger partial charge on any atom is 0.408 e. The number of carbonyl (C=O) groups is 1. The van der Waals surface area contributed by atoms with Crippen molar-refractivity contribution in [2.75, 3.05) is 13.6 Å². The van der Waals surface area contributed by atoms with E-state index in [2.05, 4.69) is 44.2 Å². The van der Waals surface area contributed by atoms with Crippen molar-refractivity contribution in [1.29, 1.82) is 0 Å². The first-order chi connectivity index (χ1) is 14.4. The van der Waals surface area contributed by atoms with E-state index in [-0.39, 0.29) is 0 Å². The number of aromatic nitrogens is 2. The number of amides is 1. The second kappa shape index (κ2) is 9.85. The van der Waals surface area contributed by atoms with Crippen molar-refractivity contribution in [2.45, 2.75) is 66.2 Å². The lowest BCUT2D eigenvalue weighted by Crippen LogP contribution is -2.54. The van der Waals surface area contributed by atoms with Gasteiger partial charge in [-0.3, -0.25) is 4.99 Å². The Bertz CT molecular complexity index is 924. The third-order valence-corrected chi connectivity index (χ3v) is 4.44. The molecule has 0 fully saturated rings. The molecule has 8 heteroatoms. The first-order valence-electron chi connectivity index (χ1n) is 10.5. The maximum atomic E-state index is 12.1. The molecule has 2 rings (SSSR count). The number of alkyl carbamates (subject to hydrolysis) is 1. The molecule has 0 unspecified atom stereocenters. The van der Waals surface area contributed by atoms with Gasteiger partial charge in [-0.2, -0.15) is 5.10 Å². The van der Waals surface area contributed by atoms with Crippen molar-refractivity contribution < 1.29 is 9.53 Å². The number of hydrogen-bond acceptors (Lipinski definition) is 4. The Hall–Kier alpha value is -3.03. The number of hydrogen-bond donors (Lipinski definition) is 3. The molecule has 0 spiro atoms. The van der Waals surface area contributed by atoms with Crippen molar-refractivity contribution >= 4 is 12.1 Å². The highest BCUT2D eigenvalue weighted by atomic mass is 16.6. The normalized spacial score (nSPS) is 12.5. The molecule has 0 aliphatic heterocycles. The van der Waals surface area contributed by atoms with E-state index in [1.807, 2.05) is 65.3 Å². The molecule has 8 nitrogen and oxygen atoms in total. The Kier molecular flexibility index (Phi) is 7.70. The van der Waals surface area contributed by atoms with Crippen molar-refractivity contribution in [3.8, 4) is 5.69 Å². The second-order valence-electron chi connectivity index (χ2n) is 9.26. The predicted octanol–water partition coefficient (Wildman–Crippen LogP) is 3.46. The number of aryl methyl sites for hydroxylation is 2.